The number of rotatable bonds is 5. The van der Waals surface area contributed by atoms with E-state index in [1.54, 1.807) is 13.1 Å². The quantitative estimate of drug-likeness (QED) is 0.692. The van der Waals surface area contributed by atoms with E-state index >= 15 is 0 Å². The molecule has 1 saturated heterocycles. The Bertz CT molecular complexity index is 583. The molecule has 1 aliphatic heterocycles. The van der Waals surface area contributed by atoms with Crippen LogP contribution in [-0.2, 0) is 15.9 Å². The van der Waals surface area contributed by atoms with E-state index in [4.69, 9.17) is 11.6 Å². The summed E-state index contributed by atoms with van der Waals surface area (Å²) in [5, 5.41) is 0. The Balaban J connectivity index is 2.17. The van der Waals surface area contributed by atoms with Crippen molar-refractivity contribution in [3.63, 3.8) is 0 Å². The van der Waals surface area contributed by atoms with Gasteiger partial charge in [-0.25, -0.2) is 8.42 Å². The zero-order valence-electron chi connectivity index (χ0n) is 12.2. The van der Waals surface area contributed by atoms with Crippen LogP contribution in [0.25, 0.3) is 0 Å². The van der Waals surface area contributed by atoms with Gasteiger partial charge in [0.25, 0.3) is 0 Å². The fourth-order valence-electron chi connectivity index (χ4n) is 2.59. The standard InChI is InChI=1S/C13H20BrClN2O2S2/c1-3-17-6-4-10(5-7-17)16(2)21(18,19)12-8-11(9-15)20-13(12)14/h8,10H,3-7,9H2,1-2H3. The molecule has 1 fully saturated rings. The maximum Gasteiger partial charge on any atom is 0.245 e. The lowest BCUT2D eigenvalue weighted by molar-refractivity contribution is 0.176. The predicted octanol–water partition coefficient (Wildman–Crippen LogP) is 3.35. The first-order chi connectivity index (χ1) is 9.90. The first-order valence-electron chi connectivity index (χ1n) is 6.94. The van der Waals surface area contributed by atoms with Gasteiger partial charge in [0.2, 0.25) is 10.0 Å². The van der Waals surface area contributed by atoms with Crippen molar-refractivity contribution in [3.8, 4) is 0 Å². The molecule has 0 radical (unpaired) electrons. The van der Waals surface area contributed by atoms with Gasteiger partial charge in [0, 0.05) is 18.0 Å². The Labute approximate surface area is 144 Å². The van der Waals surface area contributed by atoms with Crippen LogP contribution in [0.5, 0.6) is 0 Å². The number of nitrogens with zero attached hydrogens (tertiary/aromatic N) is 2. The maximum absolute atomic E-state index is 12.8. The smallest absolute Gasteiger partial charge is 0.245 e. The van der Waals surface area contributed by atoms with Crippen LogP contribution in [-0.4, -0.2) is 50.3 Å². The minimum absolute atomic E-state index is 0.0732. The average molecular weight is 416 g/mol. The molecular weight excluding hydrogens is 396 g/mol. The lowest BCUT2D eigenvalue weighted by Gasteiger charge is -2.35. The minimum atomic E-state index is -3.46. The molecule has 0 atom stereocenters. The highest BCUT2D eigenvalue weighted by Gasteiger charge is 2.32. The lowest BCUT2D eigenvalue weighted by Crippen LogP contribution is -2.45. The molecule has 0 bridgehead atoms. The van der Waals surface area contributed by atoms with Crippen molar-refractivity contribution < 1.29 is 8.42 Å². The molecule has 0 amide bonds. The van der Waals surface area contributed by atoms with Gasteiger partial charge in [0.1, 0.15) is 4.90 Å². The summed E-state index contributed by atoms with van der Waals surface area (Å²) in [6.07, 6.45) is 1.77. The molecular formula is C13H20BrClN2O2S2. The first kappa shape index (κ1) is 17.7. The van der Waals surface area contributed by atoms with E-state index in [0.29, 0.717) is 14.6 Å². The molecule has 0 aliphatic carbocycles. The first-order valence-corrected chi connectivity index (χ1v) is 10.5. The van der Waals surface area contributed by atoms with E-state index in [9.17, 15) is 8.42 Å². The van der Waals surface area contributed by atoms with Crippen LogP contribution in [0.3, 0.4) is 0 Å². The van der Waals surface area contributed by atoms with E-state index in [2.05, 4.69) is 27.8 Å². The number of hydrogen-bond donors (Lipinski definition) is 0. The second-order valence-corrected chi connectivity index (χ2v) is 9.86. The van der Waals surface area contributed by atoms with Crippen molar-refractivity contribution in [2.24, 2.45) is 0 Å². The topological polar surface area (TPSA) is 40.6 Å². The molecule has 8 heteroatoms. The van der Waals surface area contributed by atoms with E-state index in [0.717, 1.165) is 37.4 Å². The number of thiophene rings is 1. The predicted molar refractivity (Wildman–Crippen MR) is 91.7 cm³/mol. The number of likely N-dealkylation sites (tertiary alicyclic amines) is 1. The molecule has 0 unspecified atom stereocenters. The van der Waals surface area contributed by atoms with Crippen molar-refractivity contribution >= 4 is 48.9 Å². The molecule has 0 saturated carbocycles. The molecule has 21 heavy (non-hydrogen) atoms. The summed E-state index contributed by atoms with van der Waals surface area (Å²) in [7, 11) is -1.78. The molecule has 1 aromatic heterocycles. The second kappa shape index (κ2) is 7.27. The molecule has 4 nitrogen and oxygen atoms in total. The van der Waals surface area contributed by atoms with Crippen LogP contribution in [0.2, 0.25) is 0 Å². The van der Waals surface area contributed by atoms with E-state index in [1.165, 1.54) is 15.6 Å². The minimum Gasteiger partial charge on any atom is -0.303 e. The highest BCUT2D eigenvalue weighted by atomic mass is 79.9. The SMILES string of the molecule is CCN1CCC(N(C)S(=O)(=O)c2cc(CCl)sc2Br)CC1. The zero-order chi connectivity index (χ0) is 15.6. The van der Waals surface area contributed by atoms with E-state index in [1.807, 2.05) is 0 Å². The van der Waals surface area contributed by atoms with Crippen LogP contribution in [0.15, 0.2) is 14.7 Å². The van der Waals surface area contributed by atoms with Crippen LogP contribution < -0.4 is 0 Å². The summed E-state index contributed by atoms with van der Waals surface area (Å²) in [4.78, 5) is 3.54. The Morgan fingerprint density at radius 1 is 1.48 bits per heavy atom. The molecule has 1 aliphatic rings. The van der Waals surface area contributed by atoms with Crippen molar-refractivity contribution in [3.05, 3.63) is 14.7 Å². The lowest BCUT2D eigenvalue weighted by atomic mass is 10.1. The number of halogens is 2. The van der Waals surface area contributed by atoms with Gasteiger partial charge in [-0.3, -0.25) is 0 Å². The third-order valence-corrected chi connectivity index (χ3v) is 8.62. The van der Waals surface area contributed by atoms with E-state index in [-0.39, 0.29) is 6.04 Å². The number of piperidine rings is 1. The second-order valence-electron chi connectivity index (χ2n) is 5.17. The van der Waals surface area contributed by atoms with Crippen LogP contribution in [0, 0.1) is 0 Å². The van der Waals surface area contributed by atoms with Gasteiger partial charge in [0.05, 0.1) is 9.67 Å². The largest absolute Gasteiger partial charge is 0.303 e. The van der Waals surface area contributed by atoms with Crippen molar-refractivity contribution in [2.75, 3.05) is 26.7 Å². The summed E-state index contributed by atoms with van der Waals surface area (Å²) < 4.78 is 27.7. The van der Waals surface area contributed by atoms with Gasteiger partial charge in [-0.2, -0.15) is 4.31 Å². The Hall–Kier alpha value is 0.340. The molecule has 2 rings (SSSR count). The molecule has 2 heterocycles. The van der Waals surface area contributed by atoms with Gasteiger partial charge in [-0.05, 0) is 54.5 Å². The summed E-state index contributed by atoms with van der Waals surface area (Å²) in [6.45, 7) is 5.08. The van der Waals surface area contributed by atoms with Gasteiger partial charge in [-0.1, -0.05) is 6.92 Å². The molecule has 0 aromatic carbocycles. The van der Waals surface area contributed by atoms with Gasteiger partial charge in [-0.15, -0.1) is 22.9 Å². The molecule has 0 spiro atoms. The zero-order valence-corrected chi connectivity index (χ0v) is 16.2. The van der Waals surface area contributed by atoms with Crippen molar-refractivity contribution in [1.29, 1.82) is 0 Å². The molecule has 1 aromatic rings. The number of hydrogen-bond acceptors (Lipinski definition) is 4. The van der Waals surface area contributed by atoms with Crippen molar-refractivity contribution in [2.45, 2.75) is 36.6 Å². The van der Waals surface area contributed by atoms with Crippen LogP contribution in [0.4, 0.5) is 0 Å². The Morgan fingerprint density at radius 2 is 2.10 bits per heavy atom. The molecule has 0 N–H and O–H groups in total. The van der Waals surface area contributed by atoms with E-state index < -0.39 is 10.0 Å². The summed E-state index contributed by atoms with van der Waals surface area (Å²) in [5.41, 5.74) is 0. The van der Waals surface area contributed by atoms with Crippen molar-refractivity contribution in [1.82, 2.24) is 9.21 Å². The number of alkyl halides is 1. The maximum atomic E-state index is 12.8. The summed E-state index contributed by atoms with van der Waals surface area (Å²) in [6, 6.07) is 1.75. The fourth-order valence-corrected chi connectivity index (χ4v) is 6.73. The Kier molecular flexibility index (Phi) is 6.13. The summed E-state index contributed by atoms with van der Waals surface area (Å²) >= 11 is 10.5. The highest BCUT2D eigenvalue weighted by molar-refractivity contribution is 9.11. The normalized spacial score (nSPS) is 18.5. The van der Waals surface area contributed by atoms with Gasteiger partial charge < -0.3 is 4.90 Å². The Morgan fingerprint density at radius 3 is 2.57 bits per heavy atom. The third-order valence-electron chi connectivity index (χ3n) is 4.01. The average Bonchev–Trinajstić information content (AvgIpc) is 2.88. The summed E-state index contributed by atoms with van der Waals surface area (Å²) in [5.74, 6) is 0.331. The molecule has 120 valence electrons. The monoisotopic (exact) mass is 414 g/mol. The van der Waals surface area contributed by atoms with Gasteiger partial charge >= 0.3 is 0 Å². The highest BCUT2D eigenvalue weighted by Crippen LogP contribution is 2.35. The van der Waals surface area contributed by atoms with Crippen LogP contribution >= 0.6 is 38.9 Å². The fraction of sp³-hybridized carbons (Fsp3) is 0.692. The third kappa shape index (κ3) is 3.82. The van der Waals surface area contributed by atoms with Crippen LogP contribution in [0.1, 0.15) is 24.6 Å². The number of sulfonamides is 1. The van der Waals surface area contributed by atoms with Gasteiger partial charge in [0.15, 0.2) is 0 Å².